The molecule has 2 aliphatic rings. The highest BCUT2D eigenvalue weighted by atomic mass is 16.8. The van der Waals surface area contributed by atoms with Crippen LogP contribution in [0.2, 0.25) is 0 Å². The smallest absolute Gasteiger partial charge is 0.244 e. The Morgan fingerprint density at radius 2 is 1.29 bits per heavy atom. The summed E-state index contributed by atoms with van der Waals surface area (Å²) in [5.41, 5.74) is 0. The van der Waals surface area contributed by atoms with Crippen LogP contribution in [-0.2, 0) is 52.9 Å². The van der Waals surface area contributed by atoms with E-state index < -0.39 is 54.8 Å². The van der Waals surface area contributed by atoms with E-state index in [-0.39, 0.29) is 19.8 Å². The van der Waals surface area contributed by atoms with Crippen LogP contribution < -0.4 is 47.2 Å². The van der Waals surface area contributed by atoms with Crippen LogP contribution in [-0.4, -0.2) is 74.6 Å². The molecule has 0 spiro atoms. The monoisotopic (exact) mass is 462 g/mol. The molecule has 0 aliphatic carbocycles. The molecule has 0 bridgehead atoms. The summed E-state index contributed by atoms with van der Waals surface area (Å²) in [4.78, 5) is 38.4. The third-order valence-corrected chi connectivity index (χ3v) is 4.98. The van der Waals surface area contributed by atoms with Gasteiger partial charge in [0.15, 0.2) is 18.5 Å². The molecule has 9 atom stereocenters. The van der Waals surface area contributed by atoms with Gasteiger partial charge in [-0.25, -0.2) is 47.2 Å². The van der Waals surface area contributed by atoms with E-state index in [9.17, 15) is 0 Å². The van der Waals surface area contributed by atoms with E-state index in [0.717, 1.165) is 0 Å². The molecule has 2 saturated heterocycles. The predicted molar refractivity (Wildman–Crippen MR) is 93.1 cm³/mol. The Balaban J connectivity index is 2.16. The van der Waals surface area contributed by atoms with Crippen molar-refractivity contribution in [3.8, 4) is 0 Å². The van der Waals surface area contributed by atoms with Crippen molar-refractivity contribution in [3.63, 3.8) is 0 Å². The maximum absolute atomic E-state index is 5.73. The molecule has 184 valence electrons. The maximum Gasteiger partial charge on any atom is 0.244 e. The van der Waals surface area contributed by atoms with Crippen LogP contribution in [0.3, 0.4) is 0 Å². The third kappa shape index (κ3) is 5.43. The number of nitrogens with two attached hydrogens (primary N) is 8. The Morgan fingerprint density at radius 1 is 0.645 bits per heavy atom. The lowest BCUT2D eigenvalue weighted by atomic mass is 9.99. The minimum Gasteiger partial charge on any atom is -0.347 e. The van der Waals surface area contributed by atoms with Gasteiger partial charge in [-0.15, -0.1) is 0 Å². The first-order valence-electron chi connectivity index (χ1n) is 8.74. The van der Waals surface area contributed by atoms with Gasteiger partial charge in [-0.2, -0.15) is 0 Å². The minimum absolute atomic E-state index is 0.158. The molecule has 0 amide bonds. The van der Waals surface area contributed by atoms with Crippen LogP contribution in [0.1, 0.15) is 0 Å². The van der Waals surface area contributed by atoms with Gasteiger partial charge in [-0.1, -0.05) is 0 Å². The highest BCUT2D eigenvalue weighted by Crippen LogP contribution is 2.35. The van der Waals surface area contributed by atoms with Gasteiger partial charge >= 0.3 is 0 Å². The van der Waals surface area contributed by atoms with Crippen molar-refractivity contribution in [2.75, 3.05) is 19.8 Å². The summed E-state index contributed by atoms with van der Waals surface area (Å²) in [7, 11) is 0. The minimum atomic E-state index is -1.75. The Morgan fingerprint density at radius 3 is 1.77 bits per heavy atom. The van der Waals surface area contributed by atoms with Crippen molar-refractivity contribution < 1.29 is 52.9 Å². The molecule has 2 heterocycles. The number of rotatable bonds is 13. The van der Waals surface area contributed by atoms with E-state index in [1.165, 1.54) is 0 Å². The fraction of sp³-hybridized carbons (Fsp3) is 1.00. The zero-order valence-electron chi connectivity index (χ0n) is 16.3. The molecule has 19 heteroatoms. The van der Waals surface area contributed by atoms with Crippen molar-refractivity contribution >= 4 is 0 Å². The van der Waals surface area contributed by atoms with E-state index in [0.29, 0.717) is 0 Å². The van der Waals surface area contributed by atoms with E-state index >= 15 is 0 Å². The summed E-state index contributed by atoms with van der Waals surface area (Å²) < 4.78 is 17.2. The SMILES string of the molecule is NOCC1OC(OCC2OC(CON)(ON)C(ON)C2ON)C(ON)C(ON)C1ON. The maximum atomic E-state index is 5.73. The molecule has 31 heavy (non-hydrogen) atoms. The van der Waals surface area contributed by atoms with Gasteiger partial charge in [0.2, 0.25) is 5.79 Å². The van der Waals surface area contributed by atoms with Crippen LogP contribution in [0.25, 0.3) is 0 Å². The topological polar surface area (TPSA) is 310 Å². The summed E-state index contributed by atoms with van der Waals surface area (Å²) in [5, 5.41) is 0. The standard InChI is InChI=1S/C12H30N8O11/c13-22-2-4-6(26-15)8(28-17)9(29-18)11(24-4)21-1-5-7(27-16)10(30-19)12(25-5,31-20)3-23-14/h4-11H,1-3,13-20H2. The van der Waals surface area contributed by atoms with Gasteiger partial charge in [-0.05, 0) is 0 Å². The molecule has 2 aliphatic heterocycles. The molecule has 19 nitrogen and oxygen atoms in total. The summed E-state index contributed by atoms with van der Waals surface area (Å²) in [6, 6.07) is 0. The molecule has 0 aromatic heterocycles. The van der Waals surface area contributed by atoms with Gasteiger partial charge < -0.3 is 19.0 Å². The van der Waals surface area contributed by atoms with Crippen LogP contribution in [0, 0.1) is 0 Å². The summed E-state index contributed by atoms with van der Waals surface area (Å²) in [6.45, 7) is -0.803. The van der Waals surface area contributed by atoms with Crippen molar-refractivity contribution in [1.82, 2.24) is 0 Å². The molecule has 2 rings (SSSR count). The fourth-order valence-corrected chi connectivity index (χ4v) is 3.56. The molecule has 0 aromatic rings. The Labute approximate surface area is 175 Å². The second-order valence-electron chi connectivity index (χ2n) is 6.57. The zero-order valence-corrected chi connectivity index (χ0v) is 16.3. The quantitative estimate of drug-likeness (QED) is 0.118. The normalized spacial score (nSPS) is 41.0. The molecule has 9 unspecified atom stereocenters. The van der Waals surface area contributed by atoms with Crippen molar-refractivity contribution in [2.45, 2.75) is 54.8 Å². The molecule has 2 fully saturated rings. The van der Waals surface area contributed by atoms with Gasteiger partial charge in [0.1, 0.15) is 37.1 Å². The first kappa shape index (κ1) is 26.5. The summed E-state index contributed by atoms with van der Waals surface area (Å²) in [5.74, 6) is 40.5. The van der Waals surface area contributed by atoms with Crippen LogP contribution in [0.5, 0.6) is 0 Å². The largest absolute Gasteiger partial charge is 0.347 e. The number of hydrogen-bond acceptors (Lipinski definition) is 19. The molecular weight excluding hydrogens is 432 g/mol. The van der Waals surface area contributed by atoms with Crippen molar-refractivity contribution in [1.29, 1.82) is 0 Å². The first-order chi connectivity index (χ1) is 15.0. The molecule has 0 saturated carbocycles. The van der Waals surface area contributed by atoms with E-state index in [4.69, 9.17) is 90.4 Å². The lowest BCUT2D eigenvalue weighted by Gasteiger charge is -2.43. The molecule has 16 N–H and O–H groups in total. The second kappa shape index (κ2) is 12.5. The van der Waals surface area contributed by atoms with Crippen LogP contribution in [0.15, 0.2) is 0 Å². The summed E-state index contributed by atoms with van der Waals surface area (Å²) in [6.07, 6.45) is -8.31. The van der Waals surface area contributed by atoms with Crippen molar-refractivity contribution in [3.05, 3.63) is 0 Å². The number of hydrogen-bond donors (Lipinski definition) is 8. The predicted octanol–water partition coefficient (Wildman–Crippen LogP) is -6.21. The highest BCUT2D eigenvalue weighted by molar-refractivity contribution is 4.99. The van der Waals surface area contributed by atoms with Gasteiger partial charge in [0.25, 0.3) is 0 Å². The Bertz CT molecular complexity index is 529. The lowest BCUT2D eigenvalue weighted by molar-refractivity contribution is -0.334. The van der Waals surface area contributed by atoms with E-state index in [2.05, 4.69) is 9.68 Å². The van der Waals surface area contributed by atoms with Crippen LogP contribution in [0.4, 0.5) is 0 Å². The lowest BCUT2D eigenvalue weighted by Crippen LogP contribution is -2.64. The van der Waals surface area contributed by atoms with E-state index in [1.807, 2.05) is 0 Å². The summed E-state index contributed by atoms with van der Waals surface area (Å²) >= 11 is 0. The fourth-order valence-electron chi connectivity index (χ4n) is 3.56. The average Bonchev–Trinajstić information content (AvgIpc) is 3.09. The van der Waals surface area contributed by atoms with E-state index in [1.54, 1.807) is 0 Å². The van der Waals surface area contributed by atoms with Gasteiger partial charge in [-0.3, -0.25) is 33.9 Å². The number of ether oxygens (including phenoxy) is 3. The highest BCUT2D eigenvalue weighted by Gasteiger charge is 2.59. The van der Waals surface area contributed by atoms with Gasteiger partial charge in [0.05, 0.1) is 13.2 Å². The molecule has 0 radical (unpaired) electrons. The Kier molecular flexibility index (Phi) is 10.7. The third-order valence-electron chi connectivity index (χ3n) is 4.98. The Hall–Kier alpha value is -0.760. The zero-order chi connectivity index (χ0) is 23.0. The first-order valence-corrected chi connectivity index (χ1v) is 8.74. The average molecular weight is 462 g/mol. The second-order valence-corrected chi connectivity index (χ2v) is 6.57. The van der Waals surface area contributed by atoms with Crippen LogP contribution >= 0.6 is 0 Å². The molecule has 0 aromatic carbocycles. The van der Waals surface area contributed by atoms with Gasteiger partial charge in [0, 0.05) is 0 Å². The van der Waals surface area contributed by atoms with Crippen molar-refractivity contribution in [2.24, 2.45) is 47.2 Å². The molecular formula is C12H30N8O11.